The van der Waals surface area contributed by atoms with Gasteiger partial charge in [0.1, 0.15) is 0 Å². The third kappa shape index (κ3) is 2.92. The molecule has 0 atom stereocenters. The molecule has 1 N–H and O–H groups in total. The van der Waals surface area contributed by atoms with Gasteiger partial charge in [-0.05, 0) is 29.7 Å². The van der Waals surface area contributed by atoms with Gasteiger partial charge < -0.3 is 10.2 Å². The van der Waals surface area contributed by atoms with Gasteiger partial charge in [-0.1, -0.05) is 42.5 Å². The molecule has 3 rings (SSSR count). The first-order valence-corrected chi connectivity index (χ1v) is 7.27. The average molecular weight is 304 g/mol. The van der Waals surface area contributed by atoms with Gasteiger partial charge in [-0.25, -0.2) is 0 Å². The van der Waals surface area contributed by atoms with E-state index in [0.29, 0.717) is 11.3 Å². The van der Waals surface area contributed by atoms with Crippen LogP contribution in [0.4, 0.5) is 11.4 Å². The Kier molecular flexibility index (Phi) is 4.06. The van der Waals surface area contributed by atoms with E-state index in [1.54, 1.807) is 19.2 Å². The van der Waals surface area contributed by atoms with Gasteiger partial charge in [-0.15, -0.1) is 0 Å². The predicted octanol–water partition coefficient (Wildman–Crippen LogP) is 3.68. The first kappa shape index (κ1) is 14.8. The molecule has 0 saturated carbocycles. The molecule has 0 aliphatic carbocycles. The van der Waals surface area contributed by atoms with Crippen molar-refractivity contribution in [1.82, 2.24) is 0 Å². The Hall–Kier alpha value is -3.14. The Morgan fingerprint density at radius 3 is 2.35 bits per heavy atom. The molecular formula is C19H16N2O2. The molecule has 0 heterocycles. The van der Waals surface area contributed by atoms with E-state index in [-0.39, 0.29) is 5.91 Å². The van der Waals surface area contributed by atoms with Crippen LogP contribution in [-0.2, 0) is 4.79 Å². The third-order valence-electron chi connectivity index (χ3n) is 3.70. The second kappa shape index (κ2) is 6.32. The first-order chi connectivity index (χ1) is 11.2. The summed E-state index contributed by atoms with van der Waals surface area (Å²) in [4.78, 5) is 25.1. The molecule has 4 nitrogen and oxygen atoms in total. The molecule has 0 unspecified atom stereocenters. The van der Waals surface area contributed by atoms with E-state index in [1.165, 1.54) is 4.90 Å². The normalized spacial score (nSPS) is 10.3. The lowest BCUT2D eigenvalue weighted by molar-refractivity contribution is -0.107. The van der Waals surface area contributed by atoms with Crippen LogP contribution in [0.15, 0.2) is 66.7 Å². The van der Waals surface area contributed by atoms with Gasteiger partial charge in [-0.2, -0.15) is 0 Å². The van der Waals surface area contributed by atoms with Crippen LogP contribution >= 0.6 is 0 Å². The monoisotopic (exact) mass is 304 g/mol. The molecule has 0 aliphatic heterocycles. The average Bonchev–Trinajstić information content (AvgIpc) is 2.61. The lowest BCUT2D eigenvalue weighted by atomic mass is 10.1. The standard InChI is InChI=1S/C19H16N2O2/c1-21(13-22)17-12-6-10-14-9-5-11-16(18(14)17)20-19(23)15-7-3-2-4-8-15/h2-13H,1H3,(H,20,23). The number of hydrogen-bond donors (Lipinski definition) is 1. The number of nitrogens with one attached hydrogen (secondary N) is 1. The minimum absolute atomic E-state index is 0.179. The molecule has 0 radical (unpaired) electrons. The zero-order valence-electron chi connectivity index (χ0n) is 12.7. The SMILES string of the molecule is CN(C=O)c1cccc2cccc(NC(=O)c3ccccc3)c12. The van der Waals surface area contributed by atoms with Gasteiger partial charge in [0.05, 0.1) is 11.4 Å². The van der Waals surface area contributed by atoms with Crippen molar-refractivity contribution >= 4 is 34.5 Å². The number of hydrogen-bond acceptors (Lipinski definition) is 2. The van der Waals surface area contributed by atoms with Crippen molar-refractivity contribution in [3.05, 3.63) is 72.3 Å². The van der Waals surface area contributed by atoms with Crippen LogP contribution in [0.1, 0.15) is 10.4 Å². The fourth-order valence-corrected chi connectivity index (χ4v) is 2.56. The maximum absolute atomic E-state index is 12.4. The highest BCUT2D eigenvalue weighted by molar-refractivity contribution is 6.13. The summed E-state index contributed by atoms with van der Waals surface area (Å²) < 4.78 is 0. The van der Waals surface area contributed by atoms with Crippen LogP contribution in [0.5, 0.6) is 0 Å². The predicted molar refractivity (Wildman–Crippen MR) is 92.8 cm³/mol. The Morgan fingerprint density at radius 2 is 1.65 bits per heavy atom. The molecule has 114 valence electrons. The zero-order chi connectivity index (χ0) is 16.2. The molecule has 0 aliphatic rings. The van der Waals surface area contributed by atoms with Gasteiger partial charge >= 0.3 is 0 Å². The minimum Gasteiger partial charge on any atom is -0.321 e. The highest BCUT2D eigenvalue weighted by Gasteiger charge is 2.12. The highest BCUT2D eigenvalue weighted by Crippen LogP contribution is 2.32. The second-order valence-electron chi connectivity index (χ2n) is 5.22. The summed E-state index contributed by atoms with van der Waals surface area (Å²) in [5, 5.41) is 4.74. The molecule has 4 heteroatoms. The van der Waals surface area contributed by atoms with Gasteiger partial charge in [0.25, 0.3) is 5.91 Å². The molecule has 3 aromatic rings. The minimum atomic E-state index is -0.179. The maximum atomic E-state index is 12.4. The maximum Gasteiger partial charge on any atom is 0.255 e. The second-order valence-corrected chi connectivity index (χ2v) is 5.22. The smallest absolute Gasteiger partial charge is 0.255 e. The summed E-state index contributed by atoms with van der Waals surface area (Å²) in [6.45, 7) is 0. The first-order valence-electron chi connectivity index (χ1n) is 7.27. The fraction of sp³-hybridized carbons (Fsp3) is 0.0526. The number of rotatable bonds is 4. The lowest BCUT2D eigenvalue weighted by Crippen LogP contribution is -2.16. The van der Waals surface area contributed by atoms with Gasteiger partial charge in [0.2, 0.25) is 6.41 Å². The Balaban J connectivity index is 2.07. The van der Waals surface area contributed by atoms with Crippen LogP contribution < -0.4 is 10.2 Å². The summed E-state index contributed by atoms with van der Waals surface area (Å²) in [5.74, 6) is -0.179. The van der Waals surface area contributed by atoms with E-state index in [4.69, 9.17) is 0 Å². The van der Waals surface area contributed by atoms with Gasteiger partial charge in [0.15, 0.2) is 0 Å². The summed E-state index contributed by atoms with van der Waals surface area (Å²) in [7, 11) is 1.69. The zero-order valence-corrected chi connectivity index (χ0v) is 12.7. The van der Waals surface area contributed by atoms with Crippen molar-refractivity contribution in [2.75, 3.05) is 17.3 Å². The highest BCUT2D eigenvalue weighted by atomic mass is 16.1. The number of carbonyl (C=O) groups excluding carboxylic acids is 2. The fourth-order valence-electron chi connectivity index (χ4n) is 2.56. The number of anilines is 2. The summed E-state index contributed by atoms with van der Waals surface area (Å²) in [6.07, 6.45) is 0.755. The van der Waals surface area contributed by atoms with Crippen molar-refractivity contribution in [3.63, 3.8) is 0 Å². The molecule has 0 saturated heterocycles. The van der Waals surface area contributed by atoms with E-state index in [1.807, 2.05) is 54.6 Å². The molecular weight excluding hydrogens is 288 g/mol. The van der Waals surface area contributed by atoms with Crippen LogP contribution in [-0.4, -0.2) is 19.4 Å². The van der Waals surface area contributed by atoms with Crippen LogP contribution in [0.25, 0.3) is 10.8 Å². The number of amides is 2. The summed E-state index contributed by atoms with van der Waals surface area (Å²) in [5.41, 5.74) is 2.02. The topological polar surface area (TPSA) is 49.4 Å². The summed E-state index contributed by atoms with van der Waals surface area (Å²) in [6, 6.07) is 20.4. The van der Waals surface area contributed by atoms with E-state index >= 15 is 0 Å². The van der Waals surface area contributed by atoms with Crippen molar-refractivity contribution in [2.24, 2.45) is 0 Å². The van der Waals surface area contributed by atoms with Crippen LogP contribution in [0, 0.1) is 0 Å². The third-order valence-corrected chi connectivity index (χ3v) is 3.70. The van der Waals surface area contributed by atoms with Crippen molar-refractivity contribution in [3.8, 4) is 0 Å². The van der Waals surface area contributed by atoms with Crippen molar-refractivity contribution in [1.29, 1.82) is 0 Å². The van der Waals surface area contributed by atoms with Crippen LogP contribution in [0.3, 0.4) is 0 Å². The van der Waals surface area contributed by atoms with E-state index < -0.39 is 0 Å². The van der Waals surface area contributed by atoms with Crippen LogP contribution in [0.2, 0.25) is 0 Å². The van der Waals surface area contributed by atoms with E-state index in [0.717, 1.165) is 22.9 Å². The van der Waals surface area contributed by atoms with Gasteiger partial charge in [-0.3, -0.25) is 9.59 Å². The molecule has 23 heavy (non-hydrogen) atoms. The Bertz CT molecular complexity index is 854. The van der Waals surface area contributed by atoms with Crippen molar-refractivity contribution in [2.45, 2.75) is 0 Å². The molecule has 3 aromatic carbocycles. The molecule has 0 fully saturated rings. The Morgan fingerprint density at radius 1 is 0.957 bits per heavy atom. The lowest BCUT2D eigenvalue weighted by Gasteiger charge is -2.17. The quantitative estimate of drug-likeness (QED) is 0.747. The van der Waals surface area contributed by atoms with E-state index in [2.05, 4.69) is 5.32 Å². The number of fused-ring (bicyclic) bond motifs is 1. The number of nitrogens with zero attached hydrogens (tertiary/aromatic N) is 1. The largest absolute Gasteiger partial charge is 0.321 e. The molecule has 2 amide bonds. The number of carbonyl (C=O) groups is 2. The Labute approximate surface area is 134 Å². The molecule has 0 aromatic heterocycles. The van der Waals surface area contributed by atoms with Gasteiger partial charge in [0, 0.05) is 18.0 Å². The van der Waals surface area contributed by atoms with E-state index in [9.17, 15) is 9.59 Å². The van der Waals surface area contributed by atoms with Crippen molar-refractivity contribution < 1.29 is 9.59 Å². The molecule has 0 spiro atoms. The summed E-state index contributed by atoms with van der Waals surface area (Å²) >= 11 is 0. The molecule has 0 bridgehead atoms. The number of benzene rings is 3.